The third-order valence-corrected chi connectivity index (χ3v) is 3.95. The SMILES string of the molecule is CCC1C2C=CC(C(C)=O)=CC1C2C. The predicted molar refractivity (Wildman–Crippen MR) is 57.8 cm³/mol. The van der Waals surface area contributed by atoms with Crippen molar-refractivity contribution in [3.8, 4) is 0 Å². The molecule has 4 unspecified atom stereocenters. The Morgan fingerprint density at radius 3 is 2.71 bits per heavy atom. The summed E-state index contributed by atoms with van der Waals surface area (Å²) in [6.45, 7) is 6.20. The van der Waals surface area contributed by atoms with E-state index in [4.69, 9.17) is 0 Å². The zero-order valence-corrected chi connectivity index (χ0v) is 9.16. The maximum absolute atomic E-state index is 11.3. The van der Waals surface area contributed by atoms with Gasteiger partial charge >= 0.3 is 0 Å². The van der Waals surface area contributed by atoms with Gasteiger partial charge in [0.1, 0.15) is 0 Å². The van der Waals surface area contributed by atoms with Crippen LogP contribution in [0.5, 0.6) is 0 Å². The number of rotatable bonds is 2. The molecule has 0 N–H and O–H groups in total. The van der Waals surface area contributed by atoms with Crippen molar-refractivity contribution in [2.45, 2.75) is 27.2 Å². The molecule has 0 aromatic carbocycles. The Morgan fingerprint density at radius 1 is 1.43 bits per heavy atom. The summed E-state index contributed by atoms with van der Waals surface area (Å²) in [6, 6.07) is 0. The molecule has 0 amide bonds. The second-order valence-electron chi connectivity index (χ2n) is 4.62. The highest BCUT2D eigenvalue weighted by Crippen LogP contribution is 2.51. The van der Waals surface area contributed by atoms with Crippen molar-refractivity contribution in [1.29, 1.82) is 0 Å². The fourth-order valence-corrected chi connectivity index (χ4v) is 3.00. The molecule has 0 radical (unpaired) electrons. The standard InChI is InChI=1S/C13H18O/c1-4-11-12-6-5-10(9(3)14)7-13(11)8(12)2/h5-8,11-13H,4H2,1-3H3. The maximum atomic E-state index is 11.3. The van der Waals surface area contributed by atoms with Crippen molar-refractivity contribution in [3.05, 3.63) is 23.8 Å². The lowest BCUT2D eigenvalue weighted by atomic mass is 9.57. The Bertz CT molecular complexity index is 311. The zero-order valence-electron chi connectivity index (χ0n) is 9.16. The Morgan fingerprint density at radius 2 is 2.14 bits per heavy atom. The van der Waals surface area contributed by atoms with Crippen molar-refractivity contribution >= 4 is 5.78 Å². The van der Waals surface area contributed by atoms with E-state index < -0.39 is 0 Å². The van der Waals surface area contributed by atoms with Gasteiger partial charge in [-0.15, -0.1) is 0 Å². The third kappa shape index (κ3) is 1.26. The number of hydrogen-bond donors (Lipinski definition) is 0. The summed E-state index contributed by atoms with van der Waals surface area (Å²) in [5.41, 5.74) is 0.917. The van der Waals surface area contributed by atoms with Crippen molar-refractivity contribution in [3.63, 3.8) is 0 Å². The smallest absolute Gasteiger partial charge is 0.159 e. The first-order chi connectivity index (χ1) is 6.65. The summed E-state index contributed by atoms with van der Waals surface area (Å²) in [7, 11) is 0. The van der Waals surface area contributed by atoms with Gasteiger partial charge in [0.15, 0.2) is 5.78 Å². The van der Waals surface area contributed by atoms with Gasteiger partial charge in [0.05, 0.1) is 0 Å². The fraction of sp³-hybridized carbons (Fsp3) is 0.615. The minimum Gasteiger partial charge on any atom is -0.295 e. The largest absolute Gasteiger partial charge is 0.295 e. The lowest BCUT2D eigenvalue weighted by Gasteiger charge is -2.47. The molecular formula is C13H18O. The average molecular weight is 190 g/mol. The highest BCUT2D eigenvalue weighted by Gasteiger charge is 2.44. The topological polar surface area (TPSA) is 17.1 Å². The van der Waals surface area contributed by atoms with E-state index in [1.54, 1.807) is 6.92 Å². The maximum Gasteiger partial charge on any atom is 0.159 e. The monoisotopic (exact) mass is 190 g/mol. The summed E-state index contributed by atoms with van der Waals surface area (Å²) in [6.07, 6.45) is 7.70. The minimum atomic E-state index is 0.204. The molecule has 0 aromatic heterocycles. The number of fused-ring (bicyclic) bond motifs is 1. The molecule has 4 atom stereocenters. The Balaban J connectivity index is 2.28. The number of hydrogen-bond acceptors (Lipinski definition) is 1. The molecule has 1 heteroatoms. The van der Waals surface area contributed by atoms with Crippen LogP contribution in [0.3, 0.4) is 0 Å². The van der Waals surface area contributed by atoms with E-state index in [-0.39, 0.29) is 5.78 Å². The van der Waals surface area contributed by atoms with Crippen LogP contribution in [0.2, 0.25) is 0 Å². The van der Waals surface area contributed by atoms with Gasteiger partial charge in [-0.2, -0.15) is 0 Å². The second-order valence-corrected chi connectivity index (χ2v) is 4.62. The molecule has 0 aromatic rings. The average Bonchev–Trinajstić information content (AvgIpc) is 2.44. The summed E-state index contributed by atoms with van der Waals surface area (Å²) in [5, 5.41) is 0. The van der Waals surface area contributed by atoms with Crippen LogP contribution in [-0.2, 0) is 4.79 Å². The third-order valence-electron chi connectivity index (χ3n) is 3.95. The van der Waals surface area contributed by atoms with Crippen LogP contribution in [-0.4, -0.2) is 5.78 Å². The van der Waals surface area contributed by atoms with Crippen LogP contribution in [0.1, 0.15) is 27.2 Å². The van der Waals surface area contributed by atoms with Crippen molar-refractivity contribution in [2.75, 3.05) is 0 Å². The van der Waals surface area contributed by atoms with Gasteiger partial charge in [0.25, 0.3) is 0 Å². The molecule has 14 heavy (non-hydrogen) atoms. The number of allylic oxidation sites excluding steroid dienone is 4. The highest BCUT2D eigenvalue weighted by atomic mass is 16.1. The lowest BCUT2D eigenvalue weighted by molar-refractivity contribution is -0.113. The Labute approximate surface area is 85.9 Å². The minimum absolute atomic E-state index is 0.204. The van der Waals surface area contributed by atoms with Crippen LogP contribution < -0.4 is 0 Å². The Hall–Kier alpha value is -0.850. The van der Waals surface area contributed by atoms with E-state index in [0.29, 0.717) is 11.8 Å². The van der Waals surface area contributed by atoms with Gasteiger partial charge in [0, 0.05) is 5.57 Å². The van der Waals surface area contributed by atoms with E-state index in [0.717, 1.165) is 17.4 Å². The number of Topliss-reactive ketones (excluding diaryl/α,β-unsaturated/α-hetero) is 1. The fourth-order valence-electron chi connectivity index (χ4n) is 3.00. The van der Waals surface area contributed by atoms with Gasteiger partial charge in [-0.3, -0.25) is 4.79 Å². The first-order valence-electron chi connectivity index (χ1n) is 5.56. The molecule has 3 aliphatic rings. The van der Waals surface area contributed by atoms with Crippen LogP contribution in [0.25, 0.3) is 0 Å². The van der Waals surface area contributed by atoms with Gasteiger partial charge in [0.2, 0.25) is 0 Å². The summed E-state index contributed by atoms with van der Waals surface area (Å²) in [4.78, 5) is 11.3. The molecule has 76 valence electrons. The quantitative estimate of drug-likeness (QED) is 0.654. The molecule has 1 fully saturated rings. The molecular weight excluding hydrogens is 172 g/mol. The molecule has 0 heterocycles. The first kappa shape index (κ1) is 9.70. The molecule has 1 saturated carbocycles. The van der Waals surface area contributed by atoms with Crippen molar-refractivity contribution in [1.82, 2.24) is 0 Å². The van der Waals surface area contributed by atoms with E-state index in [1.807, 2.05) is 6.08 Å². The number of carbonyl (C=O) groups excluding carboxylic acids is 1. The van der Waals surface area contributed by atoms with Crippen molar-refractivity contribution < 1.29 is 4.79 Å². The summed E-state index contributed by atoms with van der Waals surface area (Å²) < 4.78 is 0. The summed E-state index contributed by atoms with van der Waals surface area (Å²) in [5.74, 6) is 3.05. The molecule has 2 bridgehead atoms. The van der Waals surface area contributed by atoms with E-state index in [2.05, 4.69) is 26.0 Å². The first-order valence-corrected chi connectivity index (χ1v) is 5.56. The van der Waals surface area contributed by atoms with Gasteiger partial charge in [-0.05, 0) is 30.6 Å². The van der Waals surface area contributed by atoms with E-state index >= 15 is 0 Å². The normalized spacial score (nSPS) is 39.8. The van der Waals surface area contributed by atoms with Gasteiger partial charge < -0.3 is 0 Å². The van der Waals surface area contributed by atoms with Gasteiger partial charge in [-0.25, -0.2) is 0 Å². The molecule has 3 aliphatic carbocycles. The van der Waals surface area contributed by atoms with Crippen molar-refractivity contribution in [2.24, 2.45) is 23.7 Å². The molecule has 0 aliphatic heterocycles. The van der Waals surface area contributed by atoms with E-state index in [9.17, 15) is 4.79 Å². The van der Waals surface area contributed by atoms with Crippen LogP contribution in [0.15, 0.2) is 23.8 Å². The number of ketones is 1. The zero-order chi connectivity index (χ0) is 10.3. The van der Waals surface area contributed by atoms with Crippen LogP contribution in [0, 0.1) is 23.7 Å². The molecule has 3 rings (SSSR count). The van der Waals surface area contributed by atoms with Crippen LogP contribution in [0.4, 0.5) is 0 Å². The van der Waals surface area contributed by atoms with Gasteiger partial charge in [-0.1, -0.05) is 38.5 Å². The number of carbonyl (C=O) groups is 1. The van der Waals surface area contributed by atoms with Crippen LogP contribution >= 0.6 is 0 Å². The molecule has 1 nitrogen and oxygen atoms in total. The Kier molecular flexibility index (Phi) is 2.34. The molecule has 0 saturated heterocycles. The molecule has 0 spiro atoms. The highest BCUT2D eigenvalue weighted by molar-refractivity contribution is 5.96. The summed E-state index contributed by atoms with van der Waals surface area (Å²) >= 11 is 0. The van der Waals surface area contributed by atoms with E-state index in [1.165, 1.54) is 6.42 Å². The lowest BCUT2D eigenvalue weighted by Crippen LogP contribution is -2.42. The second kappa shape index (κ2) is 3.38. The predicted octanol–water partition coefficient (Wildman–Crippen LogP) is 2.98.